The minimum atomic E-state index is 0.0729. The minimum absolute atomic E-state index is 0.0729. The fourth-order valence-corrected chi connectivity index (χ4v) is 2.27. The zero-order chi connectivity index (χ0) is 13.2. The number of rotatable bonds is 2. The molecule has 0 spiro atoms. The average molecular weight is 253 g/mol. The number of aryl methyl sites for hydroxylation is 1. The topological polar surface area (TPSA) is 45.2 Å². The highest BCUT2D eigenvalue weighted by Crippen LogP contribution is 2.30. The summed E-state index contributed by atoms with van der Waals surface area (Å²) in [6.45, 7) is 2.87. The normalized spacial score (nSPS) is 13.9. The number of para-hydroxylation sites is 2. The molecule has 19 heavy (non-hydrogen) atoms. The van der Waals surface area contributed by atoms with Crippen molar-refractivity contribution in [3.8, 4) is 0 Å². The van der Waals surface area contributed by atoms with Crippen molar-refractivity contribution in [3.63, 3.8) is 0 Å². The molecule has 2 heterocycles. The molecule has 0 atom stereocenters. The van der Waals surface area contributed by atoms with Gasteiger partial charge in [-0.05, 0) is 30.7 Å². The molecular formula is C15H15N3O. The molecule has 0 fully saturated rings. The van der Waals surface area contributed by atoms with Gasteiger partial charge in [-0.1, -0.05) is 18.2 Å². The summed E-state index contributed by atoms with van der Waals surface area (Å²) in [5.41, 5.74) is 3.96. The summed E-state index contributed by atoms with van der Waals surface area (Å²) in [5.74, 6) is 0.0729. The van der Waals surface area contributed by atoms with Crippen LogP contribution in [-0.2, 0) is 11.3 Å². The monoisotopic (exact) mass is 253 g/mol. The van der Waals surface area contributed by atoms with Crippen LogP contribution >= 0.6 is 0 Å². The number of benzene rings is 1. The average Bonchev–Trinajstić information content (AvgIpc) is 2.44. The van der Waals surface area contributed by atoms with E-state index in [0.29, 0.717) is 13.1 Å². The summed E-state index contributed by atoms with van der Waals surface area (Å²) >= 11 is 0. The van der Waals surface area contributed by atoms with Gasteiger partial charge in [0.05, 0.1) is 30.2 Å². The molecule has 1 N–H and O–H groups in total. The van der Waals surface area contributed by atoms with Crippen molar-refractivity contribution in [2.24, 2.45) is 0 Å². The van der Waals surface area contributed by atoms with Gasteiger partial charge >= 0.3 is 0 Å². The molecule has 1 aromatic heterocycles. The van der Waals surface area contributed by atoms with E-state index >= 15 is 0 Å². The van der Waals surface area contributed by atoms with Crippen LogP contribution in [0, 0.1) is 6.92 Å². The van der Waals surface area contributed by atoms with Crippen molar-refractivity contribution in [1.29, 1.82) is 0 Å². The number of hydrogen-bond acceptors (Lipinski definition) is 3. The molecular weight excluding hydrogens is 238 g/mol. The van der Waals surface area contributed by atoms with Crippen LogP contribution in [0.5, 0.6) is 0 Å². The Hall–Kier alpha value is -2.36. The van der Waals surface area contributed by atoms with Crippen LogP contribution in [0.2, 0.25) is 0 Å². The fraction of sp³-hybridized carbons (Fsp3) is 0.200. The lowest BCUT2D eigenvalue weighted by atomic mass is 10.1. The van der Waals surface area contributed by atoms with E-state index in [1.807, 2.05) is 43.3 Å². The smallest absolute Gasteiger partial charge is 0.246 e. The zero-order valence-electron chi connectivity index (χ0n) is 10.8. The lowest BCUT2D eigenvalue weighted by molar-refractivity contribution is -0.117. The number of fused-ring (bicyclic) bond motifs is 1. The van der Waals surface area contributed by atoms with E-state index in [-0.39, 0.29) is 5.91 Å². The zero-order valence-corrected chi connectivity index (χ0v) is 10.8. The van der Waals surface area contributed by atoms with Crippen LogP contribution in [0.1, 0.15) is 11.3 Å². The lowest BCUT2D eigenvalue weighted by Gasteiger charge is -2.30. The predicted molar refractivity (Wildman–Crippen MR) is 75.1 cm³/mol. The first-order chi connectivity index (χ1) is 9.25. The Balaban J connectivity index is 1.96. The molecule has 4 heteroatoms. The first kappa shape index (κ1) is 11.7. The van der Waals surface area contributed by atoms with Crippen molar-refractivity contribution in [2.75, 3.05) is 16.8 Å². The maximum atomic E-state index is 12.1. The van der Waals surface area contributed by atoms with Crippen molar-refractivity contribution in [3.05, 3.63) is 53.9 Å². The Morgan fingerprint density at radius 3 is 2.95 bits per heavy atom. The van der Waals surface area contributed by atoms with Crippen LogP contribution in [0.25, 0.3) is 0 Å². The number of hydrogen-bond donors (Lipinski definition) is 1. The number of carbonyl (C=O) groups is 1. The van der Waals surface area contributed by atoms with Gasteiger partial charge < -0.3 is 10.2 Å². The maximum Gasteiger partial charge on any atom is 0.246 e. The van der Waals surface area contributed by atoms with E-state index in [0.717, 1.165) is 22.6 Å². The van der Waals surface area contributed by atoms with Gasteiger partial charge in [0.15, 0.2) is 0 Å². The molecule has 0 bridgehead atoms. The van der Waals surface area contributed by atoms with Gasteiger partial charge in [-0.25, -0.2) is 0 Å². The summed E-state index contributed by atoms with van der Waals surface area (Å²) in [6, 6.07) is 11.8. The Morgan fingerprint density at radius 1 is 1.26 bits per heavy atom. The fourth-order valence-electron chi connectivity index (χ4n) is 2.27. The number of carbonyl (C=O) groups excluding carboxylic acids is 1. The number of anilines is 2. The SMILES string of the molecule is Cc1cccnc1CN1C(=O)CNc2ccccc21. The number of nitrogens with zero attached hydrogens (tertiary/aromatic N) is 2. The first-order valence-electron chi connectivity index (χ1n) is 6.29. The number of aromatic nitrogens is 1. The van der Waals surface area contributed by atoms with Crippen LogP contribution in [0.4, 0.5) is 11.4 Å². The van der Waals surface area contributed by atoms with E-state index in [4.69, 9.17) is 0 Å². The third kappa shape index (κ3) is 2.17. The molecule has 0 radical (unpaired) electrons. The van der Waals surface area contributed by atoms with Gasteiger partial charge in [-0.3, -0.25) is 9.78 Å². The van der Waals surface area contributed by atoms with Gasteiger partial charge in [-0.2, -0.15) is 0 Å². The van der Waals surface area contributed by atoms with Crippen molar-refractivity contribution in [2.45, 2.75) is 13.5 Å². The van der Waals surface area contributed by atoms with E-state index in [1.54, 1.807) is 11.1 Å². The van der Waals surface area contributed by atoms with Gasteiger partial charge in [-0.15, -0.1) is 0 Å². The lowest BCUT2D eigenvalue weighted by Crippen LogP contribution is -2.39. The van der Waals surface area contributed by atoms with Crippen molar-refractivity contribution < 1.29 is 4.79 Å². The van der Waals surface area contributed by atoms with E-state index in [1.165, 1.54) is 0 Å². The van der Waals surface area contributed by atoms with Crippen LogP contribution in [-0.4, -0.2) is 17.4 Å². The van der Waals surface area contributed by atoms with Gasteiger partial charge in [0.1, 0.15) is 0 Å². The summed E-state index contributed by atoms with van der Waals surface area (Å²) in [6.07, 6.45) is 1.76. The predicted octanol–water partition coefficient (Wildman–Crippen LogP) is 2.35. The molecule has 1 amide bonds. The molecule has 2 aromatic rings. The second kappa shape index (κ2) is 4.72. The standard InChI is InChI=1S/C15H15N3O/c1-11-5-4-8-16-13(11)10-18-14-7-3-2-6-12(14)17-9-15(18)19/h2-8,17H,9-10H2,1H3. The van der Waals surface area contributed by atoms with Crippen molar-refractivity contribution >= 4 is 17.3 Å². The highest BCUT2D eigenvalue weighted by Gasteiger charge is 2.24. The molecule has 3 rings (SSSR count). The molecule has 0 saturated heterocycles. The molecule has 0 saturated carbocycles. The summed E-state index contributed by atoms with van der Waals surface area (Å²) in [4.78, 5) is 18.3. The highest BCUT2D eigenvalue weighted by atomic mass is 16.2. The molecule has 1 aliphatic rings. The largest absolute Gasteiger partial charge is 0.374 e. The molecule has 1 aromatic carbocycles. The van der Waals surface area contributed by atoms with Crippen LogP contribution < -0.4 is 10.2 Å². The molecule has 4 nitrogen and oxygen atoms in total. The van der Waals surface area contributed by atoms with Crippen LogP contribution in [0.3, 0.4) is 0 Å². The quantitative estimate of drug-likeness (QED) is 0.893. The molecule has 0 aliphatic carbocycles. The Labute approximate surface area is 112 Å². The third-order valence-corrected chi connectivity index (χ3v) is 3.35. The van der Waals surface area contributed by atoms with E-state index in [9.17, 15) is 4.79 Å². The summed E-state index contributed by atoms with van der Waals surface area (Å²) in [7, 11) is 0. The second-order valence-corrected chi connectivity index (χ2v) is 4.62. The summed E-state index contributed by atoms with van der Waals surface area (Å²) < 4.78 is 0. The number of amides is 1. The molecule has 0 unspecified atom stereocenters. The summed E-state index contributed by atoms with van der Waals surface area (Å²) in [5, 5.41) is 3.13. The molecule has 96 valence electrons. The van der Waals surface area contributed by atoms with E-state index < -0.39 is 0 Å². The van der Waals surface area contributed by atoms with Gasteiger partial charge in [0.2, 0.25) is 5.91 Å². The Morgan fingerprint density at radius 2 is 2.11 bits per heavy atom. The maximum absolute atomic E-state index is 12.1. The van der Waals surface area contributed by atoms with Crippen molar-refractivity contribution in [1.82, 2.24) is 4.98 Å². The Bertz CT molecular complexity index is 624. The minimum Gasteiger partial charge on any atom is -0.374 e. The van der Waals surface area contributed by atoms with E-state index in [2.05, 4.69) is 10.3 Å². The van der Waals surface area contributed by atoms with Crippen LogP contribution in [0.15, 0.2) is 42.6 Å². The second-order valence-electron chi connectivity index (χ2n) is 4.62. The van der Waals surface area contributed by atoms with Gasteiger partial charge in [0.25, 0.3) is 0 Å². The first-order valence-corrected chi connectivity index (χ1v) is 6.29. The highest BCUT2D eigenvalue weighted by molar-refractivity contribution is 6.02. The number of pyridine rings is 1. The third-order valence-electron chi connectivity index (χ3n) is 3.35. The number of nitrogens with one attached hydrogen (secondary N) is 1. The van der Waals surface area contributed by atoms with Gasteiger partial charge in [0, 0.05) is 6.20 Å². The Kier molecular flexibility index (Phi) is 2.91. The molecule has 1 aliphatic heterocycles.